The first kappa shape index (κ1) is 23.9. The lowest BCUT2D eigenvalue weighted by Gasteiger charge is -2.21. The van der Waals surface area contributed by atoms with Crippen LogP contribution in [0, 0.1) is 0 Å². The van der Waals surface area contributed by atoms with Crippen LogP contribution >= 0.6 is 22.9 Å². The molecular weight excluding hydrogens is 456 g/mol. The van der Waals surface area contributed by atoms with E-state index >= 15 is 0 Å². The number of ether oxygens (including phenoxy) is 1. The third-order valence-corrected chi connectivity index (χ3v) is 7.82. The molecule has 0 saturated carbocycles. The van der Waals surface area contributed by atoms with E-state index in [2.05, 4.69) is 32.6 Å². The maximum Gasteiger partial charge on any atom is 0.305 e. The summed E-state index contributed by atoms with van der Waals surface area (Å²) in [5, 5.41) is 2.54. The molecule has 3 rings (SSSR count). The first-order chi connectivity index (χ1) is 14.9. The van der Waals surface area contributed by atoms with Crippen molar-refractivity contribution in [3.8, 4) is 0 Å². The summed E-state index contributed by atoms with van der Waals surface area (Å²) in [7, 11) is -2.23. The Bertz CT molecular complexity index is 975. The number of hydrogen-bond acceptors (Lipinski definition) is 6. The normalized spacial score (nSPS) is 19.8. The van der Waals surface area contributed by atoms with E-state index in [9.17, 15) is 13.2 Å². The van der Waals surface area contributed by atoms with Crippen LogP contribution in [-0.4, -0.2) is 45.0 Å². The molecular formula is C22H27ClN2O4S2. The molecule has 2 aromatic rings. The van der Waals surface area contributed by atoms with Crippen molar-refractivity contribution in [2.45, 2.75) is 49.2 Å². The van der Waals surface area contributed by atoms with Gasteiger partial charge in [-0.2, -0.15) is 0 Å². The molecule has 6 nitrogen and oxygen atoms in total. The molecule has 0 unspecified atom stereocenters. The minimum Gasteiger partial charge on any atom is -0.469 e. The van der Waals surface area contributed by atoms with Crippen LogP contribution in [0.15, 0.2) is 58.8 Å². The summed E-state index contributed by atoms with van der Waals surface area (Å²) in [5.74, 6) is -0.203. The number of sulfonamides is 1. The van der Waals surface area contributed by atoms with Gasteiger partial charge >= 0.3 is 5.97 Å². The van der Waals surface area contributed by atoms with Gasteiger partial charge in [0.25, 0.3) is 0 Å². The van der Waals surface area contributed by atoms with Gasteiger partial charge in [-0.15, -0.1) is 11.3 Å². The molecule has 1 aromatic carbocycles. The Hall–Kier alpha value is -1.71. The lowest BCUT2D eigenvalue weighted by Crippen LogP contribution is -2.37. The predicted molar refractivity (Wildman–Crippen MR) is 124 cm³/mol. The fraction of sp³-hybridized carbons (Fsp3) is 0.409. The Kier molecular flexibility index (Phi) is 8.68. The van der Waals surface area contributed by atoms with E-state index in [0.717, 1.165) is 19.4 Å². The highest BCUT2D eigenvalue weighted by molar-refractivity contribution is 7.89. The van der Waals surface area contributed by atoms with Gasteiger partial charge in [-0.1, -0.05) is 29.8 Å². The molecule has 31 heavy (non-hydrogen) atoms. The second kappa shape index (κ2) is 11.2. The summed E-state index contributed by atoms with van der Waals surface area (Å²) in [6.45, 7) is 1.40. The van der Waals surface area contributed by atoms with Gasteiger partial charge in [0.1, 0.15) is 0 Å². The molecule has 1 aliphatic heterocycles. The Morgan fingerprint density at radius 1 is 1.32 bits per heavy atom. The molecule has 9 heteroatoms. The third kappa shape index (κ3) is 7.15. The Balaban J connectivity index is 1.64. The number of unbranched alkanes of at least 4 members (excludes halogenated alkanes) is 1. The molecule has 2 atom stereocenters. The van der Waals surface area contributed by atoms with Crippen molar-refractivity contribution >= 4 is 38.9 Å². The Labute approximate surface area is 192 Å². The molecule has 1 saturated heterocycles. The number of methoxy groups -OCH3 is 1. The summed E-state index contributed by atoms with van der Waals surface area (Å²) < 4.78 is 33.1. The minimum absolute atomic E-state index is 0.123. The summed E-state index contributed by atoms with van der Waals surface area (Å²) >= 11 is 7.57. The van der Waals surface area contributed by atoms with E-state index in [1.165, 1.54) is 24.1 Å². The Morgan fingerprint density at radius 3 is 2.77 bits per heavy atom. The molecule has 1 fully saturated rings. The number of esters is 1. The number of allylic oxidation sites excluding steroid dienone is 1. The highest BCUT2D eigenvalue weighted by Crippen LogP contribution is 2.25. The molecule has 0 amide bonds. The van der Waals surface area contributed by atoms with E-state index in [0.29, 0.717) is 24.4 Å². The zero-order valence-electron chi connectivity index (χ0n) is 17.4. The van der Waals surface area contributed by atoms with Gasteiger partial charge < -0.3 is 4.74 Å². The second-order valence-electron chi connectivity index (χ2n) is 7.48. The SMILES string of the molecule is COC(=O)CCCC=C[C@@H]1C[C@@H](NS(=O)(=O)c2ccc(Cl)cc2)CN1Cc1cccs1. The van der Waals surface area contributed by atoms with Crippen LogP contribution in [0.5, 0.6) is 0 Å². The van der Waals surface area contributed by atoms with Crippen LogP contribution in [0.2, 0.25) is 5.02 Å². The van der Waals surface area contributed by atoms with Crippen molar-refractivity contribution in [2.24, 2.45) is 0 Å². The van der Waals surface area contributed by atoms with Crippen LogP contribution < -0.4 is 4.72 Å². The highest BCUT2D eigenvalue weighted by Gasteiger charge is 2.33. The lowest BCUT2D eigenvalue weighted by molar-refractivity contribution is -0.140. The monoisotopic (exact) mass is 482 g/mol. The van der Waals surface area contributed by atoms with E-state index in [-0.39, 0.29) is 22.9 Å². The van der Waals surface area contributed by atoms with Crippen LogP contribution in [0.4, 0.5) is 0 Å². The minimum atomic E-state index is -3.62. The summed E-state index contributed by atoms with van der Waals surface area (Å²) in [6.07, 6.45) is 6.79. The molecule has 0 bridgehead atoms. The molecule has 0 spiro atoms. The first-order valence-electron chi connectivity index (χ1n) is 10.1. The standard InChI is InChI=1S/C22H27ClN2O4S2/c1-29-22(26)8-4-2-3-6-19-14-18(15-25(19)16-20-7-5-13-30-20)24-31(27,28)21-11-9-17(23)10-12-21/h3,5-7,9-13,18-19,24H,2,4,8,14-16H2,1H3/t18-,19-/m1/s1. The molecule has 168 valence electrons. The number of nitrogens with one attached hydrogen (secondary N) is 1. The van der Waals surface area contributed by atoms with Crippen molar-refractivity contribution in [3.05, 3.63) is 63.8 Å². The molecule has 1 aliphatic rings. The van der Waals surface area contributed by atoms with Gasteiger partial charge in [0, 0.05) is 41.5 Å². The van der Waals surface area contributed by atoms with Crippen LogP contribution in [-0.2, 0) is 26.1 Å². The predicted octanol–water partition coefficient (Wildman–Crippen LogP) is 4.22. The van der Waals surface area contributed by atoms with Crippen molar-refractivity contribution in [2.75, 3.05) is 13.7 Å². The number of nitrogens with zero attached hydrogens (tertiary/aromatic N) is 1. The van der Waals surface area contributed by atoms with Gasteiger partial charge in [-0.3, -0.25) is 9.69 Å². The maximum absolute atomic E-state index is 12.8. The van der Waals surface area contributed by atoms with Crippen molar-refractivity contribution < 1.29 is 17.9 Å². The zero-order chi connectivity index (χ0) is 22.3. The van der Waals surface area contributed by atoms with Crippen LogP contribution in [0.3, 0.4) is 0 Å². The number of rotatable bonds is 10. The average molecular weight is 483 g/mol. The zero-order valence-corrected chi connectivity index (χ0v) is 19.8. The maximum atomic E-state index is 12.8. The summed E-state index contributed by atoms with van der Waals surface area (Å²) in [6, 6.07) is 10.2. The molecule has 1 aromatic heterocycles. The van der Waals surface area contributed by atoms with E-state index in [1.807, 2.05) is 11.4 Å². The number of carbonyl (C=O) groups excluding carboxylic acids is 1. The quantitative estimate of drug-likeness (QED) is 0.311. The van der Waals surface area contributed by atoms with E-state index in [1.54, 1.807) is 23.5 Å². The topological polar surface area (TPSA) is 75.7 Å². The molecule has 1 N–H and O–H groups in total. The number of hydrogen-bond donors (Lipinski definition) is 1. The van der Waals surface area contributed by atoms with E-state index < -0.39 is 10.0 Å². The third-order valence-electron chi connectivity index (χ3n) is 5.17. The van der Waals surface area contributed by atoms with Gasteiger partial charge in [0.05, 0.1) is 12.0 Å². The van der Waals surface area contributed by atoms with Crippen LogP contribution in [0.25, 0.3) is 0 Å². The first-order valence-corrected chi connectivity index (χ1v) is 12.9. The number of halogens is 1. The van der Waals surface area contributed by atoms with Crippen LogP contribution in [0.1, 0.15) is 30.6 Å². The van der Waals surface area contributed by atoms with Gasteiger partial charge in [0.2, 0.25) is 10.0 Å². The average Bonchev–Trinajstić information content (AvgIpc) is 3.38. The summed E-state index contributed by atoms with van der Waals surface area (Å²) in [5.41, 5.74) is 0. The largest absolute Gasteiger partial charge is 0.469 e. The van der Waals surface area contributed by atoms with E-state index in [4.69, 9.17) is 11.6 Å². The van der Waals surface area contributed by atoms with Crippen molar-refractivity contribution in [3.63, 3.8) is 0 Å². The Morgan fingerprint density at radius 2 is 2.10 bits per heavy atom. The lowest BCUT2D eigenvalue weighted by atomic mass is 10.1. The number of likely N-dealkylation sites (tertiary alicyclic amines) is 1. The summed E-state index contributed by atoms with van der Waals surface area (Å²) in [4.78, 5) is 15.0. The molecule has 2 heterocycles. The van der Waals surface area contributed by atoms with Gasteiger partial charge in [-0.05, 0) is 55.0 Å². The van der Waals surface area contributed by atoms with Crippen molar-refractivity contribution in [1.29, 1.82) is 0 Å². The van der Waals surface area contributed by atoms with Gasteiger partial charge in [0.15, 0.2) is 0 Å². The number of benzene rings is 1. The number of thiophene rings is 1. The highest BCUT2D eigenvalue weighted by atomic mass is 35.5. The molecule has 0 aliphatic carbocycles. The fourth-order valence-corrected chi connectivity index (χ4v) is 5.72. The van der Waals surface area contributed by atoms with Crippen molar-refractivity contribution in [1.82, 2.24) is 9.62 Å². The number of carbonyl (C=O) groups is 1. The fourth-order valence-electron chi connectivity index (χ4n) is 3.62. The van der Waals surface area contributed by atoms with Gasteiger partial charge in [-0.25, -0.2) is 13.1 Å². The molecule has 0 radical (unpaired) electrons. The second-order valence-corrected chi connectivity index (χ2v) is 10.7. The smallest absolute Gasteiger partial charge is 0.305 e.